The number of carbonyl (C=O) groups is 1. The number of halogens is 2. The molecule has 1 amide bonds. The van der Waals surface area contributed by atoms with Crippen LogP contribution in [0.25, 0.3) is 10.9 Å². The number of H-pyrrole nitrogens is 1. The molecule has 3 aromatic rings. The van der Waals surface area contributed by atoms with E-state index in [2.05, 4.69) is 10.3 Å². The first-order valence-corrected chi connectivity index (χ1v) is 7.68. The molecule has 0 aliphatic heterocycles. The molecule has 0 atom stereocenters. The van der Waals surface area contributed by atoms with Gasteiger partial charge < -0.3 is 10.3 Å². The van der Waals surface area contributed by atoms with Crippen molar-refractivity contribution in [3.05, 3.63) is 71.4 Å². The number of benzene rings is 2. The zero-order valence-electron chi connectivity index (χ0n) is 13.5. The van der Waals surface area contributed by atoms with E-state index in [1.165, 1.54) is 6.07 Å². The first-order valence-electron chi connectivity index (χ1n) is 7.68. The molecule has 0 spiro atoms. The highest BCUT2D eigenvalue weighted by molar-refractivity contribution is 5.94. The highest BCUT2D eigenvalue weighted by atomic mass is 19.2. The molecule has 0 saturated carbocycles. The number of fused-ring (bicyclic) bond motifs is 1. The van der Waals surface area contributed by atoms with Crippen LogP contribution in [0, 0.1) is 11.6 Å². The van der Waals surface area contributed by atoms with Crippen molar-refractivity contribution in [3.8, 4) is 0 Å². The Bertz CT molecular complexity index is 899. The summed E-state index contributed by atoms with van der Waals surface area (Å²) in [5.41, 5.74) is 1.90. The highest BCUT2D eigenvalue weighted by Crippen LogP contribution is 2.29. The average molecular weight is 328 g/mol. The van der Waals surface area contributed by atoms with Gasteiger partial charge >= 0.3 is 0 Å². The molecule has 3 rings (SSSR count). The van der Waals surface area contributed by atoms with Gasteiger partial charge in [0.05, 0.1) is 0 Å². The molecule has 1 heterocycles. The van der Waals surface area contributed by atoms with Crippen LogP contribution < -0.4 is 5.32 Å². The second kappa shape index (κ2) is 6.07. The maximum Gasteiger partial charge on any atom is 0.251 e. The third-order valence-corrected chi connectivity index (χ3v) is 4.19. The SMILES string of the molecule is CC(C)(CNC(=O)c1ccc(F)c(F)c1)c1c[nH]c2ccccc12. The molecular formula is C19H18F2N2O. The van der Waals surface area contributed by atoms with Crippen LogP contribution >= 0.6 is 0 Å². The van der Waals surface area contributed by atoms with E-state index in [0.29, 0.717) is 6.54 Å². The predicted octanol–water partition coefficient (Wildman–Crippen LogP) is 4.15. The van der Waals surface area contributed by atoms with Crippen molar-refractivity contribution < 1.29 is 13.6 Å². The van der Waals surface area contributed by atoms with Gasteiger partial charge in [0.15, 0.2) is 11.6 Å². The molecule has 0 aliphatic carbocycles. The highest BCUT2D eigenvalue weighted by Gasteiger charge is 2.25. The third kappa shape index (κ3) is 3.02. The Hall–Kier alpha value is -2.69. The quantitative estimate of drug-likeness (QED) is 0.742. The monoisotopic (exact) mass is 328 g/mol. The lowest BCUT2D eigenvalue weighted by atomic mass is 9.84. The van der Waals surface area contributed by atoms with E-state index in [1.54, 1.807) is 0 Å². The topological polar surface area (TPSA) is 44.9 Å². The summed E-state index contributed by atoms with van der Waals surface area (Å²) in [5.74, 6) is -2.42. The molecule has 2 aromatic carbocycles. The van der Waals surface area contributed by atoms with E-state index in [-0.39, 0.29) is 11.0 Å². The smallest absolute Gasteiger partial charge is 0.251 e. The lowest BCUT2D eigenvalue weighted by molar-refractivity contribution is 0.0945. The number of para-hydroxylation sites is 1. The summed E-state index contributed by atoms with van der Waals surface area (Å²) >= 11 is 0. The second-order valence-electron chi connectivity index (χ2n) is 6.44. The molecule has 0 aliphatic rings. The Balaban J connectivity index is 1.77. The van der Waals surface area contributed by atoms with Crippen LogP contribution in [-0.4, -0.2) is 17.4 Å². The molecule has 0 saturated heterocycles. The molecule has 0 fully saturated rings. The Morgan fingerprint density at radius 3 is 2.62 bits per heavy atom. The molecule has 3 nitrogen and oxygen atoms in total. The van der Waals surface area contributed by atoms with Crippen molar-refractivity contribution >= 4 is 16.8 Å². The Morgan fingerprint density at radius 2 is 1.88 bits per heavy atom. The number of hydrogen-bond acceptors (Lipinski definition) is 1. The fourth-order valence-electron chi connectivity index (χ4n) is 2.77. The van der Waals surface area contributed by atoms with E-state index in [9.17, 15) is 13.6 Å². The van der Waals surface area contributed by atoms with Gasteiger partial charge in [-0.05, 0) is 29.8 Å². The summed E-state index contributed by atoms with van der Waals surface area (Å²) in [7, 11) is 0. The van der Waals surface area contributed by atoms with E-state index in [0.717, 1.165) is 28.6 Å². The third-order valence-electron chi connectivity index (χ3n) is 4.19. The van der Waals surface area contributed by atoms with Crippen LogP contribution in [-0.2, 0) is 5.41 Å². The summed E-state index contributed by atoms with van der Waals surface area (Å²) in [6, 6.07) is 11.1. The van der Waals surface area contributed by atoms with Gasteiger partial charge in [-0.2, -0.15) is 0 Å². The molecule has 24 heavy (non-hydrogen) atoms. The standard InChI is InChI=1S/C19H18F2N2O/c1-19(2,14-10-22-17-6-4-3-5-13(14)17)11-23-18(24)12-7-8-15(20)16(21)9-12/h3-10,22H,11H2,1-2H3,(H,23,24). The number of hydrogen-bond donors (Lipinski definition) is 2. The van der Waals surface area contributed by atoms with Crippen LogP contribution in [0.5, 0.6) is 0 Å². The zero-order valence-corrected chi connectivity index (χ0v) is 13.5. The van der Waals surface area contributed by atoms with Gasteiger partial charge in [0, 0.05) is 34.6 Å². The van der Waals surface area contributed by atoms with Gasteiger partial charge in [0.1, 0.15) is 0 Å². The summed E-state index contributed by atoms with van der Waals surface area (Å²) in [6.45, 7) is 4.41. The van der Waals surface area contributed by atoms with Gasteiger partial charge in [0.2, 0.25) is 0 Å². The number of carbonyl (C=O) groups excluding carboxylic acids is 1. The average Bonchev–Trinajstić information content (AvgIpc) is 3.00. The van der Waals surface area contributed by atoms with Crippen molar-refractivity contribution in [1.82, 2.24) is 10.3 Å². The van der Waals surface area contributed by atoms with Crippen molar-refractivity contribution in [1.29, 1.82) is 0 Å². The minimum Gasteiger partial charge on any atom is -0.361 e. The predicted molar refractivity (Wildman–Crippen MR) is 90.0 cm³/mol. The van der Waals surface area contributed by atoms with Gasteiger partial charge in [-0.3, -0.25) is 4.79 Å². The Labute approximate surface area is 138 Å². The maximum atomic E-state index is 13.3. The van der Waals surface area contributed by atoms with E-state index >= 15 is 0 Å². The lowest BCUT2D eigenvalue weighted by Gasteiger charge is -2.25. The Kier molecular flexibility index (Phi) is 4.09. The largest absolute Gasteiger partial charge is 0.361 e. The van der Waals surface area contributed by atoms with Crippen LogP contribution in [0.15, 0.2) is 48.7 Å². The van der Waals surface area contributed by atoms with Crippen molar-refractivity contribution in [2.24, 2.45) is 0 Å². The van der Waals surface area contributed by atoms with E-state index in [1.807, 2.05) is 44.3 Å². The Morgan fingerprint density at radius 1 is 1.12 bits per heavy atom. The second-order valence-corrected chi connectivity index (χ2v) is 6.44. The van der Waals surface area contributed by atoms with Gasteiger partial charge in [-0.15, -0.1) is 0 Å². The fourth-order valence-corrected chi connectivity index (χ4v) is 2.77. The molecule has 124 valence electrons. The summed E-state index contributed by atoms with van der Waals surface area (Å²) < 4.78 is 26.2. The molecule has 2 N–H and O–H groups in total. The van der Waals surface area contributed by atoms with Crippen LogP contribution in [0.1, 0.15) is 29.8 Å². The lowest BCUT2D eigenvalue weighted by Crippen LogP contribution is -2.36. The molecule has 5 heteroatoms. The van der Waals surface area contributed by atoms with Gasteiger partial charge in [-0.25, -0.2) is 8.78 Å². The summed E-state index contributed by atoms with van der Waals surface area (Å²) in [6.07, 6.45) is 1.94. The molecule has 1 aromatic heterocycles. The molecule has 0 bridgehead atoms. The fraction of sp³-hybridized carbons (Fsp3) is 0.211. The van der Waals surface area contributed by atoms with Gasteiger partial charge in [0.25, 0.3) is 5.91 Å². The van der Waals surface area contributed by atoms with Crippen LogP contribution in [0.2, 0.25) is 0 Å². The van der Waals surface area contributed by atoms with Crippen molar-refractivity contribution in [2.75, 3.05) is 6.54 Å². The van der Waals surface area contributed by atoms with Gasteiger partial charge in [-0.1, -0.05) is 32.0 Å². The number of amides is 1. The molecule has 0 unspecified atom stereocenters. The van der Waals surface area contributed by atoms with Crippen molar-refractivity contribution in [2.45, 2.75) is 19.3 Å². The number of aromatic amines is 1. The number of rotatable bonds is 4. The van der Waals surface area contributed by atoms with Crippen molar-refractivity contribution in [3.63, 3.8) is 0 Å². The minimum absolute atomic E-state index is 0.101. The first-order chi connectivity index (χ1) is 11.4. The number of aromatic nitrogens is 1. The maximum absolute atomic E-state index is 13.3. The zero-order chi connectivity index (χ0) is 17.3. The van der Waals surface area contributed by atoms with Crippen LogP contribution in [0.3, 0.4) is 0 Å². The normalized spacial score (nSPS) is 11.7. The van der Waals surface area contributed by atoms with E-state index in [4.69, 9.17) is 0 Å². The summed E-state index contributed by atoms with van der Waals surface area (Å²) in [4.78, 5) is 15.4. The van der Waals surface area contributed by atoms with Crippen LogP contribution in [0.4, 0.5) is 8.78 Å². The summed E-state index contributed by atoms with van der Waals surface area (Å²) in [5, 5.41) is 3.90. The minimum atomic E-state index is -1.03. The first kappa shape index (κ1) is 16.2. The number of nitrogens with one attached hydrogen (secondary N) is 2. The van der Waals surface area contributed by atoms with E-state index < -0.39 is 17.5 Å². The molecule has 0 radical (unpaired) electrons. The molecular weight excluding hydrogens is 310 g/mol.